The molecule has 3 aliphatic heterocycles. The zero-order valence-corrected chi connectivity index (χ0v) is 61.2. The van der Waals surface area contributed by atoms with E-state index in [1.54, 1.807) is 34.8 Å². The number of amides is 4. The van der Waals surface area contributed by atoms with Crippen molar-refractivity contribution in [2.75, 3.05) is 151 Å². The van der Waals surface area contributed by atoms with Crippen LogP contribution < -0.4 is 34.3 Å². The molecule has 0 unspecified atom stereocenters. The number of methoxy groups -OCH3 is 4. The van der Waals surface area contributed by atoms with Crippen molar-refractivity contribution in [3.8, 4) is 28.7 Å². The number of Topliss-reactive ketones (excluding diaryl/α,β-unsaturated/α-hetero) is 1. The van der Waals surface area contributed by atoms with Gasteiger partial charge in [-0.2, -0.15) is 0 Å². The smallest absolute Gasteiger partial charge is 0.412 e. The summed E-state index contributed by atoms with van der Waals surface area (Å²) in [6.45, 7) is 20.5. The highest BCUT2D eigenvalue weighted by molar-refractivity contribution is 6.05. The molecule has 6 rings (SSSR count). The number of ether oxygens (including phenoxy) is 17. The van der Waals surface area contributed by atoms with E-state index in [0.29, 0.717) is 96.1 Å². The molecule has 3 heterocycles. The number of ketones is 1. The number of anilines is 2. The quantitative estimate of drug-likeness (QED) is 0.0141. The van der Waals surface area contributed by atoms with Crippen LogP contribution in [0.5, 0.6) is 28.7 Å². The molecule has 0 bridgehead atoms. The van der Waals surface area contributed by atoms with E-state index in [2.05, 4.69) is 23.8 Å². The van der Waals surface area contributed by atoms with E-state index in [0.717, 1.165) is 26.5 Å². The van der Waals surface area contributed by atoms with Gasteiger partial charge in [0.25, 0.3) is 11.8 Å². The second kappa shape index (κ2) is 42.9. The van der Waals surface area contributed by atoms with Crippen LogP contribution in [-0.2, 0) is 77.8 Å². The standard InChI is InChI=1S/C73H102N4O27/c1-45-33-51(42-78)76(40-45)67(83)53-36-60(89-10)62(97-21-14-13-15-22-98-63-39-57(75-72(87)104-73(6,7)8)54(37-61(63)90-11)68(84)77-41-46(2)34-52(77)43-79)38-56(53)74-71(86)99-44-50-18-19-59(102-70-47(3)64(100-48(4)80)65(101-49(5)81)66(103-70)69(85)91-12)55(35-50)58(82)17-16-20-92-25-26-94-29-30-96-32-31-95-28-27-93-24-23-88-9/h18-19,35-39,47,51-52,64-66,70,78-79H,1-2,13-17,20-34,40-44H2,3-12H3,(H,74,86)(H,75,87)/t47-,51+,52+,64-,65+,66+,70-/m1/s1. The van der Waals surface area contributed by atoms with Crippen molar-refractivity contribution in [1.29, 1.82) is 0 Å². The number of rotatable bonds is 43. The SMILES string of the molecule is C=C1C[C@@H](CO)N(C(=O)c2cc(OC)c(OCCCCCOc3cc(NC(=O)OC(C)(C)C)c(C(=O)N4CC(=C)C[C@H]4CO)cc3OC)cc2NC(=O)OCc2ccc(O[C@@H]3O[C@H](C(=O)OC)[C@@H](OC(C)=O)[C@H](OC(C)=O)[C@H]3C)c(C(=O)CCCOCCOCCOCCOCCOCCOC)c2)C1. The van der Waals surface area contributed by atoms with E-state index in [1.807, 2.05) is 0 Å². The van der Waals surface area contributed by atoms with E-state index < -0.39 is 103 Å². The predicted molar refractivity (Wildman–Crippen MR) is 373 cm³/mol. The molecule has 0 radical (unpaired) electrons. The first-order valence-corrected chi connectivity index (χ1v) is 34.4. The molecule has 0 aromatic heterocycles. The molecule has 3 aromatic carbocycles. The lowest BCUT2D eigenvalue weighted by molar-refractivity contribution is -0.261. The second-order valence-electron chi connectivity index (χ2n) is 25.6. The number of carbonyl (C=O) groups excluding carboxylic acids is 8. The molecule has 0 saturated carbocycles. The summed E-state index contributed by atoms with van der Waals surface area (Å²) in [7, 11) is 5.50. The summed E-state index contributed by atoms with van der Waals surface area (Å²) in [6.07, 6.45) is -5.11. The topological polar surface area (TPSA) is 364 Å². The number of aliphatic hydroxyl groups is 2. The van der Waals surface area contributed by atoms with Crippen molar-refractivity contribution >= 4 is 59.1 Å². The summed E-state index contributed by atoms with van der Waals surface area (Å²) in [6, 6.07) is 9.06. The summed E-state index contributed by atoms with van der Waals surface area (Å²) in [5.74, 6) is -4.22. The van der Waals surface area contributed by atoms with E-state index in [4.69, 9.17) is 80.5 Å². The van der Waals surface area contributed by atoms with Gasteiger partial charge in [-0.15, -0.1) is 0 Å². The zero-order chi connectivity index (χ0) is 75.9. The van der Waals surface area contributed by atoms with Gasteiger partial charge in [0, 0.05) is 59.2 Å². The minimum absolute atomic E-state index is 0.00150. The number of nitrogens with one attached hydrogen (secondary N) is 2. The molecule has 31 nitrogen and oxygen atoms in total. The molecular weight excluding hydrogens is 1360 g/mol. The molecule has 3 aliphatic rings. The van der Waals surface area contributed by atoms with Gasteiger partial charge in [0.2, 0.25) is 6.29 Å². The van der Waals surface area contributed by atoms with Gasteiger partial charge in [-0.05, 0) is 89.1 Å². The van der Waals surface area contributed by atoms with Gasteiger partial charge in [0.1, 0.15) is 18.0 Å². The monoisotopic (exact) mass is 1470 g/mol. The molecule has 0 spiro atoms. The average molecular weight is 1470 g/mol. The molecule has 3 fully saturated rings. The van der Waals surface area contributed by atoms with Crippen molar-refractivity contribution in [2.45, 2.75) is 135 Å². The maximum Gasteiger partial charge on any atom is 0.412 e. The summed E-state index contributed by atoms with van der Waals surface area (Å²) in [5, 5.41) is 25.7. The Morgan fingerprint density at radius 3 is 1.51 bits per heavy atom. The third-order valence-electron chi connectivity index (χ3n) is 16.4. The van der Waals surface area contributed by atoms with Crippen LogP contribution in [0.2, 0.25) is 0 Å². The molecule has 3 aromatic rings. The molecule has 3 saturated heterocycles. The minimum Gasteiger partial charge on any atom is -0.493 e. The maximum absolute atomic E-state index is 14.5. The Bertz CT molecular complexity index is 3380. The fourth-order valence-electron chi connectivity index (χ4n) is 11.4. The summed E-state index contributed by atoms with van der Waals surface area (Å²) >= 11 is 0. The molecule has 7 atom stereocenters. The molecule has 576 valence electrons. The van der Waals surface area contributed by atoms with Crippen molar-refractivity contribution in [1.82, 2.24) is 9.80 Å². The highest BCUT2D eigenvalue weighted by Crippen LogP contribution is 2.40. The Labute approximate surface area is 606 Å². The first-order chi connectivity index (χ1) is 49.8. The Balaban J connectivity index is 1.14. The lowest BCUT2D eigenvalue weighted by Gasteiger charge is -2.42. The fraction of sp³-hybridized carbons (Fsp3) is 0.589. The number of hydrogen-bond acceptors (Lipinski definition) is 27. The highest BCUT2D eigenvalue weighted by Gasteiger charge is 2.52. The van der Waals surface area contributed by atoms with Gasteiger partial charge >= 0.3 is 30.1 Å². The Morgan fingerprint density at radius 2 is 1.05 bits per heavy atom. The predicted octanol–water partition coefficient (Wildman–Crippen LogP) is 7.42. The normalized spacial score (nSPS) is 18.7. The lowest BCUT2D eigenvalue weighted by atomic mass is 9.91. The number of benzene rings is 3. The van der Waals surface area contributed by atoms with Crippen LogP contribution in [0, 0.1) is 5.92 Å². The van der Waals surface area contributed by atoms with Crippen LogP contribution in [-0.4, -0.2) is 251 Å². The zero-order valence-electron chi connectivity index (χ0n) is 61.2. The number of hydrogen-bond donors (Lipinski definition) is 4. The van der Waals surface area contributed by atoms with Crippen molar-refractivity contribution in [3.05, 3.63) is 89.0 Å². The van der Waals surface area contributed by atoms with Crippen LogP contribution >= 0.6 is 0 Å². The van der Waals surface area contributed by atoms with Crippen LogP contribution in [0.4, 0.5) is 21.0 Å². The number of likely N-dealkylation sites (tertiary alicyclic amines) is 2. The van der Waals surface area contributed by atoms with Crippen molar-refractivity contribution in [3.63, 3.8) is 0 Å². The van der Waals surface area contributed by atoms with Gasteiger partial charge in [0.05, 0.1) is 160 Å². The molecule has 104 heavy (non-hydrogen) atoms. The minimum atomic E-state index is -1.63. The van der Waals surface area contributed by atoms with Crippen LogP contribution in [0.25, 0.3) is 0 Å². The molecule has 4 N–H and O–H groups in total. The van der Waals surface area contributed by atoms with Gasteiger partial charge < -0.3 is 101 Å². The third kappa shape index (κ3) is 26.2. The van der Waals surface area contributed by atoms with E-state index in [9.17, 15) is 48.6 Å². The van der Waals surface area contributed by atoms with Gasteiger partial charge in [-0.3, -0.25) is 34.6 Å². The van der Waals surface area contributed by atoms with Gasteiger partial charge in [-0.25, -0.2) is 14.4 Å². The van der Waals surface area contributed by atoms with Crippen molar-refractivity contribution < 1.29 is 129 Å². The average Bonchev–Trinajstić information content (AvgIpc) is 0.955. The van der Waals surface area contributed by atoms with Gasteiger partial charge in [0.15, 0.2) is 47.1 Å². The molecule has 4 amide bonds. The van der Waals surface area contributed by atoms with Crippen LogP contribution in [0.3, 0.4) is 0 Å². The number of aliphatic hydroxyl groups excluding tert-OH is 2. The first-order valence-electron chi connectivity index (χ1n) is 34.4. The van der Waals surface area contributed by atoms with Gasteiger partial charge in [-0.1, -0.05) is 37.3 Å². The van der Waals surface area contributed by atoms with Crippen LogP contribution in [0.1, 0.15) is 123 Å². The number of nitrogens with zero attached hydrogens (tertiary/aromatic N) is 2. The first kappa shape index (κ1) is 84.3. The number of esters is 3. The third-order valence-corrected chi connectivity index (χ3v) is 16.4. The molecule has 31 heteroatoms. The summed E-state index contributed by atoms with van der Waals surface area (Å²) in [5.41, 5.74) is 1.05. The lowest BCUT2D eigenvalue weighted by Crippen LogP contribution is -2.60. The van der Waals surface area contributed by atoms with E-state index in [1.165, 1.54) is 66.5 Å². The summed E-state index contributed by atoms with van der Waals surface area (Å²) < 4.78 is 96.2. The van der Waals surface area contributed by atoms with Crippen molar-refractivity contribution in [2.24, 2.45) is 5.92 Å². The fourth-order valence-corrected chi connectivity index (χ4v) is 11.4. The molecule has 0 aliphatic carbocycles. The van der Waals surface area contributed by atoms with E-state index in [-0.39, 0.29) is 129 Å². The Kier molecular flexibility index (Phi) is 34.8. The molecular formula is C73H102N4O27. The van der Waals surface area contributed by atoms with E-state index >= 15 is 0 Å². The van der Waals surface area contributed by atoms with Crippen LogP contribution in [0.15, 0.2) is 66.8 Å². The highest BCUT2D eigenvalue weighted by atomic mass is 16.7. The largest absolute Gasteiger partial charge is 0.493 e. The Hall–Kier alpha value is -8.66. The second-order valence-corrected chi connectivity index (χ2v) is 25.6. The number of carbonyl (C=O) groups is 8. The Morgan fingerprint density at radius 1 is 0.567 bits per heavy atom. The number of unbranched alkanes of at least 4 members (excludes halogenated alkanes) is 2. The maximum atomic E-state index is 14.5. The summed E-state index contributed by atoms with van der Waals surface area (Å²) in [4.78, 5) is 111.